The van der Waals surface area contributed by atoms with Crippen molar-refractivity contribution in [2.45, 2.75) is 58.7 Å². The number of hydrogen-bond acceptors (Lipinski definition) is 4. The molecule has 2 unspecified atom stereocenters. The van der Waals surface area contributed by atoms with Crippen molar-refractivity contribution >= 4 is 5.97 Å². The van der Waals surface area contributed by atoms with Crippen LogP contribution in [0.25, 0.3) is 0 Å². The highest BCUT2D eigenvalue weighted by molar-refractivity contribution is 5.73. The fourth-order valence-corrected chi connectivity index (χ4v) is 1.76. The monoisotopic (exact) mass is 246 g/mol. The number of methoxy groups -OCH3 is 1. The van der Waals surface area contributed by atoms with Crippen molar-refractivity contribution in [1.82, 2.24) is 0 Å². The molecule has 0 aliphatic heterocycles. The van der Waals surface area contributed by atoms with Gasteiger partial charge in [-0.3, -0.25) is 4.79 Å². The summed E-state index contributed by atoms with van der Waals surface area (Å²) in [5.41, 5.74) is -0.433. The lowest BCUT2D eigenvalue weighted by molar-refractivity contribution is -0.154. The summed E-state index contributed by atoms with van der Waals surface area (Å²) in [6, 6.07) is 0. The van der Waals surface area contributed by atoms with Gasteiger partial charge in [0.05, 0.1) is 24.2 Å². The number of carbonyl (C=O) groups is 1. The van der Waals surface area contributed by atoms with Gasteiger partial charge in [0.1, 0.15) is 0 Å². The van der Waals surface area contributed by atoms with Crippen molar-refractivity contribution in [2.75, 3.05) is 13.7 Å². The summed E-state index contributed by atoms with van der Waals surface area (Å²) in [4.78, 5) is 11.7. The maximum atomic E-state index is 11.7. The Morgan fingerprint density at radius 3 is 2.35 bits per heavy atom. The van der Waals surface area contributed by atoms with Crippen molar-refractivity contribution in [3.8, 4) is 0 Å². The van der Waals surface area contributed by atoms with Crippen LogP contribution in [0.3, 0.4) is 0 Å². The largest absolute Gasteiger partial charge is 0.466 e. The van der Waals surface area contributed by atoms with Crippen molar-refractivity contribution in [3.05, 3.63) is 0 Å². The quantitative estimate of drug-likeness (QED) is 0.667. The molecule has 0 rings (SSSR count). The number of aliphatic hydroxyl groups is 1. The highest BCUT2D eigenvalue weighted by Crippen LogP contribution is 2.23. The van der Waals surface area contributed by atoms with Gasteiger partial charge in [-0.05, 0) is 27.2 Å². The molecule has 0 radical (unpaired) electrons. The Kier molecular flexibility index (Phi) is 7.39. The lowest BCUT2D eigenvalue weighted by Gasteiger charge is -2.29. The van der Waals surface area contributed by atoms with Crippen LogP contribution in [0, 0.1) is 5.92 Å². The second-order valence-electron chi connectivity index (χ2n) is 4.88. The van der Waals surface area contributed by atoms with Crippen molar-refractivity contribution in [3.63, 3.8) is 0 Å². The highest BCUT2D eigenvalue weighted by atomic mass is 16.5. The summed E-state index contributed by atoms with van der Waals surface area (Å²) in [6.07, 6.45) is 1.18. The van der Waals surface area contributed by atoms with E-state index >= 15 is 0 Å². The minimum Gasteiger partial charge on any atom is -0.466 e. The van der Waals surface area contributed by atoms with Gasteiger partial charge in [0.15, 0.2) is 0 Å². The van der Waals surface area contributed by atoms with E-state index in [1.165, 1.54) is 0 Å². The third kappa shape index (κ3) is 6.03. The first kappa shape index (κ1) is 16.4. The molecule has 0 aromatic carbocycles. The molecule has 2 atom stereocenters. The Bertz CT molecular complexity index is 225. The van der Waals surface area contributed by atoms with Gasteiger partial charge in [-0.2, -0.15) is 0 Å². The molecule has 0 aliphatic rings. The normalized spacial score (nSPS) is 15.4. The summed E-state index contributed by atoms with van der Waals surface area (Å²) in [7, 11) is 1.60. The topological polar surface area (TPSA) is 55.8 Å². The summed E-state index contributed by atoms with van der Waals surface area (Å²) >= 11 is 0. The molecule has 4 nitrogen and oxygen atoms in total. The predicted molar refractivity (Wildman–Crippen MR) is 66.7 cm³/mol. The smallest absolute Gasteiger partial charge is 0.311 e. The van der Waals surface area contributed by atoms with Gasteiger partial charge < -0.3 is 14.6 Å². The molecule has 0 aliphatic carbocycles. The molecule has 102 valence electrons. The minimum atomic E-state index is -0.719. The first-order valence-corrected chi connectivity index (χ1v) is 6.27. The van der Waals surface area contributed by atoms with E-state index in [1.807, 2.05) is 20.8 Å². The average Bonchev–Trinajstić information content (AvgIpc) is 2.25. The van der Waals surface area contributed by atoms with Crippen LogP contribution < -0.4 is 0 Å². The van der Waals surface area contributed by atoms with Crippen LogP contribution in [0.5, 0.6) is 0 Å². The fraction of sp³-hybridized carbons (Fsp3) is 0.923. The van der Waals surface area contributed by atoms with Crippen LogP contribution in [-0.4, -0.2) is 36.5 Å². The third-order valence-corrected chi connectivity index (χ3v) is 2.91. The molecule has 0 aromatic rings. The van der Waals surface area contributed by atoms with Crippen LogP contribution in [0.2, 0.25) is 0 Å². The van der Waals surface area contributed by atoms with Gasteiger partial charge in [-0.25, -0.2) is 0 Å². The molecule has 0 bridgehead atoms. The SMILES string of the molecule is CCCC(C(=O)OCC)C(O)CC(C)(C)OC. The van der Waals surface area contributed by atoms with Gasteiger partial charge in [-0.15, -0.1) is 0 Å². The van der Waals surface area contributed by atoms with Crippen LogP contribution in [0.4, 0.5) is 0 Å². The molecule has 1 N–H and O–H groups in total. The van der Waals surface area contributed by atoms with Crippen molar-refractivity contribution in [2.24, 2.45) is 5.92 Å². The van der Waals surface area contributed by atoms with E-state index in [4.69, 9.17) is 9.47 Å². The van der Waals surface area contributed by atoms with E-state index in [2.05, 4.69) is 0 Å². The Morgan fingerprint density at radius 2 is 1.94 bits per heavy atom. The molecule has 0 heterocycles. The standard InChI is InChI=1S/C13H26O4/c1-6-8-10(12(15)17-7-2)11(14)9-13(3,4)16-5/h10-11,14H,6-9H2,1-5H3. The van der Waals surface area contributed by atoms with Gasteiger partial charge in [0, 0.05) is 13.5 Å². The third-order valence-electron chi connectivity index (χ3n) is 2.91. The van der Waals surface area contributed by atoms with E-state index in [9.17, 15) is 9.90 Å². The fourth-order valence-electron chi connectivity index (χ4n) is 1.76. The van der Waals surface area contributed by atoms with Gasteiger partial charge in [0.2, 0.25) is 0 Å². The van der Waals surface area contributed by atoms with Crippen LogP contribution in [-0.2, 0) is 14.3 Å². The number of carbonyl (C=O) groups excluding carboxylic acids is 1. The van der Waals surface area contributed by atoms with E-state index in [1.54, 1.807) is 14.0 Å². The second-order valence-corrected chi connectivity index (χ2v) is 4.88. The summed E-state index contributed by atoms with van der Waals surface area (Å²) in [5, 5.41) is 10.1. The van der Waals surface area contributed by atoms with Crippen LogP contribution in [0.1, 0.15) is 47.0 Å². The summed E-state index contributed by atoms with van der Waals surface area (Å²) in [6.45, 7) is 7.89. The van der Waals surface area contributed by atoms with E-state index in [0.29, 0.717) is 19.4 Å². The zero-order valence-electron chi connectivity index (χ0n) is 11.7. The number of rotatable bonds is 8. The molecular weight excluding hydrogens is 220 g/mol. The Labute approximate surface area is 104 Å². The van der Waals surface area contributed by atoms with E-state index in [-0.39, 0.29) is 5.97 Å². The first-order chi connectivity index (χ1) is 7.87. The molecule has 0 saturated carbocycles. The molecule has 0 saturated heterocycles. The van der Waals surface area contributed by atoms with E-state index < -0.39 is 17.6 Å². The van der Waals surface area contributed by atoms with E-state index in [0.717, 1.165) is 6.42 Å². The molecule has 0 amide bonds. The molecule has 0 fully saturated rings. The number of esters is 1. The molecule has 0 aromatic heterocycles. The van der Waals surface area contributed by atoms with Crippen molar-refractivity contribution < 1.29 is 19.4 Å². The predicted octanol–water partition coefficient (Wildman–Crippen LogP) is 2.14. The maximum Gasteiger partial charge on any atom is 0.311 e. The Morgan fingerprint density at radius 1 is 1.35 bits per heavy atom. The van der Waals surface area contributed by atoms with Gasteiger partial charge >= 0.3 is 5.97 Å². The zero-order chi connectivity index (χ0) is 13.5. The maximum absolute atomic E-state index is 11.7. The molecule has 17 heavy (non-hydrogen) atoms. The molecule has 4 heteroatoms. The van der Waals surface area contributed by atoms with Gasteiger partial charge in [-0.1, -0.05) is 13.3 Å². The molecular formula is C13H26O4. The lowest BCUT2D eigenvalue weighted by Crippen LogP contribution is -2.37. The number of aliphatic hydroxyl groups excluding tert-OH is 1. The summed E-state index contributed by atoms with van der Waals surface area (Å²) in [5.74, 6) is -0.761. The first-order valence-electron chi connectivity index (χ1n) is 6.27. The zero-order valence-corrected chi connectivity index (χ0v) is 11.7. The molecule has 0 spiro atoms. The van der Waals surface area contributed by atoms with Crippen LogP contribution >= 0.6 is 0 Å². The number of ether oxygens (including phenoxy) is 2. The number of hydrogen-bond donors (Lipinski definition) is 1. The lowest BCUT2D eigenvalue weighted by atomic mass is 9.89. The Hall–Kier alpha value is -0.610. The van der Waals surface area contributed by atoms with Crippen LogP contribution in [0.15, 0.2) is 0 Å². The Balaban J connectivity index is 4.53. The van der Waals surface area contributed by atoms with Crippen molar-refractivity contribution in [1.29, 1.82) is 0 Å². The highest BCUT2D eigenvalue weighted by Gasteiger charge is 2.32. The average molecular weight is 246 g/mol. The second kappa shape index (κ2) is 7.67. The van der Waals surface area contributed by atoms with Gasteiger partial charge in [0.25, 0.3) is 0 Å². The summed E-state index contributed by atoms with van der Waals surface area (Å²) < 4.78 is 10.3. The minimum absolute atomic E-state index is 0.311.